The Labute approximate surface area is 288 Å². The number of rotatable bonds is 16. The summed E-state index contributed by atoms with van der Waals surface area (Å²) >= 11 is 1.13. The molecular weight excluding hydrogens is 630 g/mol. The number of nitrogens with zero attached hydrogens (tertiary/aromatic N) is 3. The standard InChI is InChI=1S/C36H53N5O6S/c1-21(2)28(41(8)35(45)30(22(3)4)38-32(43)27-16-12-13-17-40(27)7)20-29(42)34-39-31(24(6)48-34)33(44)37-26(18-23(5)36(46)47)19-25-14-10-9-11-15-25/h9-11,14-15,21-23,26-28,30H,12-13,16-20H2,1-8H3,(H,37,44)(H,38,43)(H,46,47)/t23?,26?,27-,28?,30?/m1/s1. The van der Waals surface area contributed by atoms with Crippen molar-refractivity contribution < 1.29 is 29.1 Å². The van der Waals surface area contributed by atoms with Crippen molar-refractivity contribution in [1.82, 2.24) is 25.4 Å². The van der Waals surface area contributed by atoms with Gasteiger partial charge in [0.25, 0.3) is 5.91 Å². The fraction of sp³-hybridized carbons (Fsp3) is 0.611. The first-order valence-corrected chi connectivity index (χ1v) is 17.8. The Morgan fingerprint density at radius 3 is 2.27 bits per heavy atom. The molecule has 0 bridgehead atoms. The molecule has 12 heteroatoms. The summed E-state index contributed by atoms with van der Waals surface area (Å²) in [4.78, 5) is 74.3. The van der Waals surface area contributed by atoms with E-state index in [1.165, 1.54) is 0 Å². The Bertz CT molecular complexity index is 1430. The number of piperidine rings is 1. The topological polar surface area (TPSA) is 149 Å². The molecule has 1 aliphatic heterocycles. The van der Waals surface area contributed by atoms with Crippen LogP contribution in [0.1, 0.15) is 97.5 Å². The first-order valence-electron chi connectivity index (χ1n) is 17.0. The zero-order valence-corrected chi connectivity index (χ0v) is 30.4. The Hall–Kier alpha value is -3.64. The van der Waals surface area contributed by atoms with Gasteiger partial charge in [0, 0.05) is 30.4 Å². The van der Waals surface area contributed by atoms with Crippen LogP contribution < -0.4 is 10.6 Å². The minimum absolute atomic E-state index is 0.00476. The van der Waals surface area contributed by atoms with Crippen LogP contribution >= 0.6 is 11.3 Å². The zero-order valence-electron chi connectivity index (χ0n) is 29.6. The molecule has 1 saturated heterocycles. The number of aromatic nitrogens is 1. The first-order chi connectivity index (χ1) is 22.6. The SMILES string of the molecule is Cc1sc(C(=O)CC(C(C)C)N(C)C(=O)C(NC(=O)[C@H]2CCCCN2C)C(C)C)nc1C(=O)NC(Cc1ccccc1)CC(C)C(=O)O. The van der Waals surface area contributed by atoms with Crippen molar-refractivity contribution in [2.75, 3.05) is 20.6 Å². The largest absolute Gasteiger partial charge is 0.481 e. The highest BCUT2D eigenvalue weighted by atomic mass is 32.1. The predicted molar refractivity (Wildman–Crippen MR) is 187 cm³/mol. The first kappa shape index (κ1) is 38.8. The smallest absolute Gasteiger partial charge is 0.306 e. The van der Waals surface area contributed by atoms with E-state index < -0.39 is 35.9 Å². The molecular formula is C36H53N5O6S. The third-order valence-electron chi connectivity index (χ3n) is 9.28. The summed E-state index contributed by atoms with van der Waals surface area (Å²) in [5.41, 5.74) is 1.09. The van der Waals surface area contributed by atoms with Gasteiger partial charge in [0.05, 0.1) is 12.0 Å². The van der Waals surface area contributed by atoms with Crippen LogP contribution in [-0.2, 0) is 20.8 Å². The maximum absolute atomic E-state index is 13.8. The van der Waals surface area contributed by atoms with Gasteiger partial charge in [-0.2, -0.15) is 0 Å². The second-order valence-corrected chi connectivity index (χ2v) is 15.1. The molecule has 1 fully saturated rings. The summed E-state index contributed by atoms with van der Waals surface area (Å²) < 4.78 is 0. The number of hydrogen-bond acceptors (Lipinski definition) is 8. The van der Waals surface area contributed by atoms with Gasteiger partial charge < -0.3 is 20.6 Å². The highest BCUT2D eigenvalue weighted by Crippen LogP contribution is 2.24. The monoisotopic (exact) mass is 683 g/mol. The molecule has 0 spiro atoms. The number of likely N-dealkylation sites (N-methyl/N-ethyl adjacent to an activating group) is 2. The van der Waals surface area contributed by atoms with E-state index in [9.17, 15) is 29.1 Å². The van der Waals surface area contributed by atoms with E-state index in [2.05, 4.69) is 15.6 Å². The fourth-order valence-corrected chi connectivity index (χ4v) is 7.11. The summed E-state index contributed by atoms with van der Waals surface area (Å²) in [6.45, 7) is 11.9. The highest BCUT2D eigenvalue weighted by molar-refractivity contribution is 7.13. The van der Waals surface area contributed by atoms with Crippen molar-refractivity contribution in [2.45, 2.75) is 104 Å². The van der Waals surface area contributed by atoms with E-state index in [0.717, 1.165) is 42.7 Å². The van der Waals surface area contributed by atoms with Gasteiger partial charge in [-0.3, -0.25) is 28.9 Å². The molecule has 2 aromatic rings. The lowest BCUT2D eigenvalue weighted by Crippen LogP contribution is -2.57. The van der Waals surface area contributed by atoms with Crippen molar-refractivity contribution in [2.24, 2.45) is 17.8 Å². The van der Waals surface area contributed by atoms with Gasteiger partial charge in [-0.1, -0.05) is 71.4 Å². The summed E-state index contributed by atoms with van der Waals surface area (Å²) in [6, 6.07) is 7.60. The van der Waals surface area contributed by atoms with Gasteiger partial charge in [-0.15, -0.1) is 11.3 Å². The molecule has 11 nitrogen and oxygen atoms in total. The number of amides is 3. The van der Waals surface area contributed by atoms with Gasteiger partial charge in [-0.25, -0.2) is 4.98 Å². The minimum atomic E-state index is -0.942. The number of carbonyl (C=O) groups is 5. The summed E-state index contributed by atoms with van der Waals surface area (Å²) in [5.74, 6) is -2.99. The maximum Gasteiger partial charge on any atom is 0.306 e. The quantitative estimate of drug-likeness (QED) is 0.218. The molecule has 1 aromatic carbocycles. The normalized spacial score (nSPS) is 17.8. The van der Waals surface area contributed by atoms with E-state index in [1.807, 2.05) is 70.0 Å². The lowest BCUT2D eigenvalue weighted by atomic mass is 9.94. The summed E-state index contributed by atoms with van der Waals surface area (Å²) in [5, 5.41) is 15.6. The molecule has 0 radical (unpaired) electrons. The Morgan fingerprint density at radius 1 is 1.02 bits per heavy atom. The van der Waals surface area contributed by atoms with Gasteiger partial charge in [0.1, 0.15) is 11.7 Å². The molecule has 5 atom stereocenters. The van der Waals surface area contributed by atoms with Crippen LogP contribution in [0.2, 0.25) is 0 Å². The third-order valence-corrected chi connectivity index (χ3v) is 10.3. The number of Topliss-reactive ketones (excluding diaryl/α,β-unsaturated/α-hetero) is 1. The number of hydrogen-bond donors (Lipinski definition) is 3. The number of aryl methyl sites for hydroxylation is 1. The molecule has 3 rings (SSSR count). The number of likely N-dealkylation sites (tertiary alicyclic amines) is 1. The number of ketones is 1. The van der Waals surface area contributed by atoms with E-state index >= 15 is 0 Å². The van der Waals surface area contributed by atoms with Crippen LogP contribution in [0, 0.1) is 24.7 Å². The number of carboxylic acid groups (broad SMARTS) is 1. The molecule has 3 N–H and O–H groups in total. The van der Waals surface area contributed by atoms with E-state index in [0.29, 0.717) is 11.3 Å². The molecule has 1 aromatic heterocycles. The van der Waals surface area contributed by atoms with Crippen molar-refractivity contribution >= 4 is 40.8 Å². The van der Waals surface area contributed by atoms with Gasteiger partial charge in [0.15, 0.2) is 10.8 Å². The fourth-order valence-electron chi connectivity index (χ4n) is 6.25. The van der Waals surface area contributed by atoms with Crippen LogP contribution in [0.25, 0.3) is 0 Å². The Morgan fingerprint density at radius 2 is 1.69 bits per heavy atom. The van der Waals surface area contributed by atoms with E-state index in [1.54, 1.807) is 25.8 Å². The lowest BCUT2D eigenvalue weighted by molar-refractivity contribution is -0.141. The van der Waals surface area contributed by atoms with Crippen LogP contribution in [0.5, 0.6) is 0 Å². The van der Waals surface area contributed by atoms with E-state index in [4.69, 9.17) is 0 Å². The lowest BCUT2D eigenvalue weighted by Gasteiger charge is -2.36. The number of nitrogens with one attached hydrogen (secondary N) is 2. The average molecular weight is 684 g/mol. The maximum atomic E-state index is 13.8. The number of carboxylic acids is 1. The molecule has 0 saturated carbocycles. The Kier molecular flexibility index (Phi) is 14.3. The Balaban J connectivity index is 1.73. The summed E-state index contributed by atoms with van der Waals surface area (Å²) in [7, 11) is 3.60. The van der Waals surface area contributed by atoms with Crippen LogP contribution in [0.3, 0.4) is 0 Å². The number of thiazole rings is 1. The van der Waals surface area contributed by atoms with Gasteiger partial charge >= 0.3 is 5.97 Å². The average Bonchev–Trinajstić information content (AvgIpc) is 3.43. The van der Waals surface area contributed by atoms with Gasteiger partial charge in [0.2, 0.25) is 11.8 Å². The molecule has 4 unspecified atom stereocenters. The second kappa shape index (κ2) is 17.7. The second-order valence-electron chi connectivity index (χ2n) is 13.9. The summed E-state index contributed by atoms with van der Waals surface area (Å²) in [6.07, 6.45) is 3.46. The minimum Gasteiger partial charge on any atom is -0.481 e. The molecule has 264 valence electrons. The molecule has 48 heavy (non-hydrogen) atoms. The number of aliphatic carboxylic acids is 1. The van der Waals surface area contributed by atoms with Crippen molar-refractivity contribution in [3.05, 3.63) is 51.5 Å². The van der Waals surface area contributed by atoms with Crippen molar-refractivity contribution in [3.63, 3.8) is 0 Å². The van der Waals surface area contributed by atoms with Gasteiger partial charge in [-0.05, 0) is 63.6 Å². The molecule has 1 aliphatic rings. The van der Waals surface area contributed by atoms with Crippen LogP contribution in [0.4, 0.5) is 0 Å². The van der Waals surface area contributed by atoms with Crippen LogP contribution in [0.15, 0.2) is 30.3 Å². The van der Waals surface area contributed by atoms with Crippen molar-refractivity contribution in [1.29, 1.82) is 0 Å². The van der Waals surface area contributed by atoms with Crippen LogP contribution in [-0.4, -0.2) is 94.2 Å². The molecule has 2 heterocycles. The number of carbonyl (C=O) groups excluding carboxylic acids is 4. The number of benzene rings is 1. The third kappa shape index (κ3) is 10.4. The van der Waals surface area contributed by atoms with Crippen molar-refractivity contribution in [3.8, 4) is 0 Å². The molecule has 0 aliphatic carbocycles. The zero-order chi connectivity index (χ0) is 35.7. The van der Waals surface area contributed by atoms with E-state index in [-0.39, 0.29) is 59.0 Å². The molecule has 3 amide bonds. The highest BCUT2D eigenvalue weighted by Gasteiger charge is 2.36. The predicted octanol–water partition coefficient (Wildman–Crippen LogP) is 4.58.